The van der Waals surface area contributed by atoms with E-state index >= 15 is 0 Å². The van der Waals surface area contributed by atoms with Crippen LogP contribution in [0.4, 0.5) is 0 Å². The van der Waals surface area contributed by atoms with Crippen LogP contribution in [0, 0.1) is 0 Å². The Balaban J connectivity index is 1.55. The van der Waals surface area contributed by atoms with Gasteiger partial charge in [0.15, 0.2) is 5.96 Å². The molecule has 7 heteroatoms. The van der Waals surface area contributed by atoms with Gasteiger partial charge in [-0.15, -0.1) is 0 Å². The van der Waals surface area contributed by atoms with Crippen LogP contribution in [0.2, 0.25) is 0 Å². The molecule has 176 valence electrons. The van der Waals surface area contributed by atoms with E-state index in [-0.39, 0.29) is 6.10 Å². The van der Waals surface area contributed by atoms with E-state index in [4.69, 9.17) is 4.74 Å². The Morgan fingerprint density at radius 1 is 1.09 bits per heavy atom. The van der Waals surface area contributed by atoms with Crippen LogP contribution >= 0.6 is 0 Å². The van der Waals surface area contributed by atoms with E-state index in [9.17, 15) is 5.11 Å². The molecule has 7 nitrogen and oxygen atoms in total. The molecular weight excluding hydrogens is 414 g/mol. The Labute approximate surface area is 196 Å². The molecular formula is C26H35N5O2. The summed E-state index contributed by atoms with van der Waals surface area (Å²) in [6.07, 6.45) is 4.21. The van der Waals surface area contributed by atoms with Gasteiger partial charge < -0.3 is 25.0 Å². The monoisotopic (exact) mass is 449 g/mol. The normalized spacial score (nSPS) is 12.6. The van der Waals surface area contributed by atoms with Gasteiger partial charge in [-0.3, -0.25) is 0 Å². The summed E-state index contributed by atoms with van der Waals surface area (Å²) in [5.41, 5.74) is 2.12. The number of aryl methyl sites for hydroxylation is 2. The van der Waals surface area contributed by atoms with Crippen LogP contribution in [0.15, 0.2) is 72.0 Å². The molecule has 1 unspecified atom stereocenters. The maximum Gasteiger partial charge on any atom is 0.191 e. The Bertz CT molecular complexity index is 983. The first-order valence-corrected chi connectivity index (χ1v) is 11.6. The van der Waals surface area contributed by atoms with Crippen LogP contribution in [0.5, 0.6) is 5.75 Å². The minimum absolute atomic E-state index is 0.121. The fraction of sp³-hybridized carbons (Fsp3) is 0.385. The Hall–Kier alpha value is -3.32. The van der Waals surface area contributed by atoms with Gasteiger partial charge in [0.05, 0.1) is 12.2 Å². The topological polar surface area (TPSA) is 83.7 Å². The molecule has 0 spiro atoms. The van der Waals surface area contributed by atoms with Crippen molar-refractivity contribution in [3.63, 3.8) is 0 Å². The Kier molecular flexibility index (Phi) is 9.32. The standard InChI is InChI=1S/C26H35N5O2/c1-4-27-26(29-18-24(32)22-10-12-23(13-11-22)33-20(2)3)30-19-25-28-15-17-31(25)16-14-21-8-6-5-7-9-21/h5-13,15,17,20,24,32H,4,14,16,18-19H2,1-3H3,(H2,27,29,30). The largest absolute Gasteiger partial charge is 0.491 e. The molecule has 1 heterocycles. The van der Waals surface area contributed by atoms with Crippen LogP contribution < -0.4 is 15.4 Å². The molecule has 3 aromatic rings. The number of nitrogens with one attached hydrogen (secondary N) is 2. The lowest BCUT2D eigenvalue weighted by Crippen LogP contribution is -2.39. The first-order valence-electron chi connectivity index (χ1n) is 11.6. The first kappa shape index (κ1) is 24.3. The van der Waals surface area contributed by atoms with Gasteiger partial charge in [-0.1, -0.05) is 42.5 Å². The lowest BCUT2D eigenvalue weighted by Gasteiger charge is -2.16. The van der Waals surface area contributed by atoms with Gasteiger partial charge >= 0.3 is 0 Å². The van der Waals surface area contributed by atoms with Crippen molar-refractivity contribution in [3.8, 4) is 5.75 Å². The SMILES string of the molecule is CCNC(=NCc1nccn1CCc1ccccc1)NCC(O)c1ccc(OC(C)C)cc1. The van der Waals surface area contributed by atoms with Crippen LogP contribution in [0.3, 0.4) is 0 Å². The molecule has 1 aromatic heterocycles. The fourth-order valence-electron chi connectivity index (χ4n) is 3.43. The maximum atomic E-state index is 10.6. The minimum atomic E-state index is -0.658. The molecule has 0 bridgehead atoms. The third-order valence-electron chi connectivity index (χ3n) is 5.11. The average molecular weight is 450 g/mol. The quantitative estimate of drug-likeness (QED) is 0.307. The molecule has 0 aliphatic carbocycles. The van der Waals surface area contributed by atoms with Crippen LogP contribution in [-0.4, -0.2) is 39.8 Å². The fourth-order valence-corrected chi connectivity index (χ4v) is 3.43. The number of rotatable bonds is 11. The summed E-state index contributed by atoms with van der Waals surface area (Å²) in [7, 11) is 0. The summed E-state index contributed by atoms with van der Waals surface area (Å²) in [6.45, 7) is 8.38. The van der Waals surface area contributed by atoms with E-state index in [2.05, 4.69) is 49.4 Å². The lowest BCUT2D eigenvalue weighted by molar-refractivity contribution is 0.180. The van der Waals surface area contributed by atoms with E-state index in [0.29, 0.717) is 19.0 Å². The number of aliphatic hydroxyl groups excluding tert-OH is 1. The van der Waals surface area contributed by atoms with Crippen LogP contribution in [0.25, 0.3) is 0 Å². The van der Waals surface area contributed by atoms with Crippen molar-refractivity contribution in [2.24, 2.45) is 4.99 Å². The summed E-state index contributed by atoms with van der Waals surface area (Å²) >= 11 is 0. The maximum absolute atomic E-state index is 10.6. The number of benzene rings is 2. The van der Waals surface area contributed by atoms with E-state index in [1.807, 2.05) is 63.5 Å². The third-order valence-corrected chi connectivity index (χ3v) is 5.11. The van der Waals surface area contributed by atoms with Crippen molar-refractivity contribution in [2.75, 3.05) is 13.1 Å². The zero-order chi connectivity index (χ0) is 23.5. The number of hydrogen-bond donors (Lipinski definition) is 3. The number of aromatic nitrogens is 2. The van der Waals surface area contributed by atoms with Gasteiger partial charge in [0.2, 0.25) is 0 Å². The molecule has 0 aliphatic heterocycles. The van der Waals surface area contributed by atoms with E-state index in [1.54, 1.807) is 0 Å². The van der Waals surface area contributed by atoms with Gasteiger partial charge in [-0.25, -0.2) is 9.98 Å². The zero-order valence-corrected chi connectivity index (χ0v) is 19.7. The molecule has 0 aliphatic rings. The molecule has 0 saturated carbocycles. The molecule has 0 saturated heterocycles. The second kappa shape index (κ2) is 12.6. The Morgan fingerprint density at radius 2 is 1.85 bits per heavy atom. The highest BCUT2D eigenvalue weighted by molar-refractivity contribution is 5.79. The predicted octanol–water partition coefficient (Wildman–Crippen LogP) is 3.70. The molecule has 33 heavy (non-hydrogen) atoms. The highest BCUT2D eigenvalue weighted by Crippen LogP contribution is 2.18. The summed E-state index contributed by atoms with van der Waals surface area (Å²) in [5, 5.41) is 17.0. The number of guanidine groups is 1. The summed E-state index contributed by atoms with van der Waals surface area (Å²) in [5.74, 6) is 2.35. The van der Waals surface area contributed by atoms with Crippen molar-refractivity contribution in [3.05, 3.63) is 83.9 Å². The number of aliphatic imine (C=N–C) groups is 1. The Morgan fingerprint density at radius 3 is 2.55 bits per heavy atom. The number of aliphatic hydroxyl groups is 1. The second-order valence-corrected chi connectivity index (χ2v) is 8.10. The molecule has 3 N–H and O–H groups in total. The van der Waals surface area contributed by atoms with Crippen molar-refractivity contribution in [2.45, 2.75) is 52.5 Å². The highest BCUT2D eigenvalue weighted by atomic mass is 16.5. The molecule has 3 rings (SSSR count). The number of ether oxygens (including phenoxy) is 1. The van der Waals surface area contributed by atoms with Crippen LogP contribution in [0.1, 0.15) is 43.8 Å². The first-order chi connectivity index (χ1) is 16.0. The van der Waals surface area contributed by atoms with E-state index in [1.165, 1.54) is 5.56 Å². The third kappa shape index (κ3) is 7.95. The highest BCUT2D eigenvalue weighted by Gasteiger charge is 2.10. The summed E-state index contributed by atoms with van der Waals surface area (Å²) < 4.78 is 7.80. The van der Waals surface area contributed by atoms with E-state index in [0.717, 1.165) is 36.6 Å². The van der Waals surface area contributed by atoms with Gasteiger partial charge in [0.1, 0.15) is 18.1 Å². The smallest absolute Gasteiger partial charge is 0.191 e. The number of hydrogen-bond acceptors (Lipinski definition) is 4. The minimum Gasteiger partial charge on any atom is -0.491 e. The van der Waals surface area contributed by atoms with Gasteiger partial charge in [0, 0.05) is 32.0 Å². The van der Waals surface area contributed by atoms with Crippen molar-refractivity contribution < 1.29 is 9.84 Å². The zero-order valence-electron chi connectivity index (χ0n) is 19.7. The van der Waals surface area contributed by atoms with Crippen molar-refractivity contribution in [1.29, 1.82) is 0 Å². The summed E-state index contributed by atoms with van der Waals surface area (Å²) in [4.78, 5) is 9.14. The number of imidazole rings is 1. The molecule has 2 aromatic carbocycles. The second-order valence-electron chi connectivity index (χ2n) is 8.10. The number of nitrogens with zero attached hydrogens (tertiary/aromatic N) is 3. The van der Waals surface area contributed by atoms with Gasteiger partial charge in [-0.05, 0) is 50.5 Å². The predicted molar refractivity (Wildman–Crippen MR) is 132 cm³/mol. The van der Waals surface area contributed by atoms with Crippen molar-refractivity contribution in [1.82, 2.24) is 20.2 Å². The van der Waals surface area contributed by atoms with Gasteiger partial charge in [-0.2, -0.15) is 0 Å². The summed E-state index contributed by atoms with van der Waals surface area (Å²) in [6, 6.07) is 18.0. The molecule has 0 amide bonds. The average Bonchev–Trinajstić information content (AvgIpc) is 3.27. The van der Waals surface area contributed by atoms with E-state index < -0.39 is 6.10 Å². The van der Waals surface area contributed by atoms with Crippen LogP contribution in [-0.2, 0) is 19.5 Å². The van der Waals surface area contributed by atoms with Crippen molar-refractivity contribution >= 4 is 5.96 Å². The molecule has 1 atom stereocenters. The molecule has 0 radical (unpaired) electrons. The lowest BCUT2D eigenvalue weighted by atomic mass is 10.1. The molecule has 0 fully saturated rings. The van der Waals surface area contributed by atoms with Gasteiger partial charge in [0.25, 0.3) is 0 Å².